The van der Waals surface area contributed by atoms with Crippen molar-refractivity contribution in [3.05, 3.63) is 120 Å². The normalized spacial score (nSPS) is 11.9. The SMILES string of the molecule is CC(NC(=O)c1cccc(NS(=O)(=O)c2ccccc2)c1)c1ccc(OCc2cccnc2)cc1. The molecule has 1 unspecified atom stereocenters. The second-order valence-corrected chi connectivity index (χ2v) is 9.60. The molecule has 7 nitrogen and oxygen atoms in total. The van der Waals surface area contributed by atoms with E-state index in [1.54, 1.807) is 48.8 Å². The second kappa shape index (κ2) is 10.8. The van der Waals surface area contributed by atoms with Gasteiger partial charge in [-0.2, -0.15) is 0 Å². The van der Waals surface area contributed by atoms with Crippen LogP contribution >= 0.6 is 0 Å². The highest BCUT2D eigenvalue weighted by Gasteiger charge is 2.16. The zero-order valence-electron chi connectivity index (χ0n) is 19.1. The van der Waals surface area contributed by atoms with Crippen molar-refractivity contribution >= 4 is 21.6 Å². The molecule has 1 aromatic heterocycles. The quantitative estimate of drug-likeness (QED) is 0.348. The van der Waals surface area contributed by atoms with Crippen LogP contribution in [0.4, 0.5) is 5.69 Å². The average Bonchev–Trinajstić information content (AvgIpc) is 2.89. The largest absolute Gasteiger partial charge is 0.489 e. The summed E-state index contributed by atoms with van der Waals surface area (Å²) in [4.78, 5) is 17.0. The molecule has 8 heteroatoms. The highest BCUT2D eigenvalue weighted by Crippen LogP contribution is 2.21. The molecule has 0 aliphatic heterocycles. The van der Waals surface area contributed by atoms with Crippen LogP contribution < -0.4 is 14.8 Å². The third kappa shape index (κ3) is 6.45. The predicted octanol–water partition coefficient (Wildman–Crippen LogP) is 4.95. The summed E-state index contributed by atoms with van der Waals surface area (Å²) in [5.74, 6) is 0.407. The number of ether oxygens (including phenoxy) is 1. The van der Waals surface area contributed by atoms with Crippen molar-refractivity contribution in [3.8, 4) is 5.75 Å². The monoisotopic (exact) mass is 487 g/mol. The number of hydrogen-bond acceptors (Lipinski definition) is 5. The van der Waals surface area contributed by atoms with Crippen LogP contribution in [-0.2, 0) is 16.6 Å². The Bertz CT molecular complexity index is 1380. The van der Waals surface area contributed by atoms with Crippen molar-refractivity contribution in [1.82, 2.24) is 10.3 Å². The van der Waals surface area contributed by atoms with Crippen LogP contribution in [-0.4, -0.2) is 19.3 Å². The van der Waals surface area contributed by atoms with Crippen LogP contribution in [0.25, 0.3) is 0 Å². The van der Waals surface area contributed by atoms with Crippen LogP contribution in [0.5, 0.6) is 5.75 Å². The van der Waals surface area contributed by atoms with Gasteiger partial charge in [-0.3, -0.25) is 14.5 Å². The molecular formula is C27H25N3O4S. The highest BCUT2D eigenvalue weighted by atomic mass is 32.2. The summed E-state index contributed by atoms with van der Waals surface area (Å²) in [6.07, 6.45) is 3.47. The number of nitrogens with zero attached hydrogens (tertiary/aromatic N) is 1. The van der Waals surface area contributed by atoms with E-state index < -0.39 is 10.0 Å². The number of pyridine rings is 1. The topological polar surface area (TPSA) is 97.4 Å². The summed E-state index contributed by atoms with van der Waals surface area (Å²) in [7, 11) is -3.75. The van der Waals surface area contributed by atoms with Crippen LogP contribution in [0.1, 0.15) is 34.5 Å². The fourth-order valence-corrected chi connectivity index (χ4v) is 4.47. The summed E-state index contributed by atoms with van der Waals surface area (Å²) in [6.45, 7) is 2.30. The molecular weight excluding hydrogens is 462 g/mol. The van der Waals surface area contributed by atoms with E-state index in [0.717, 1.165) is 16.9 Å². The van der Waals surface area contributed by atoms with Crippen molar-refractivity contribution < 1.29 is 17.9 Å². The van der Waals surface area contributed by atoms with Gasteiger partial charge in [0.1, 0.15) is 12.4 Å². The van der Waals surface area contributed by atoms with Gasteiger partial charge < -0.3 is 10.1 Å². The number of benzene rings is 3. The molecule has 178 valence electrons. The number of amides is 1. The first-order valence-electron chi connectivity index (χ1n) is 11.0. The molecule has 4 rings (SSSR count). The van der Waals surface area contributed by atoms with E-state index >= 15 is 0 Å². The van der Waals surface area contributed by atoms with Crippen LogP contribution in [0.3, 0.4) is 0 Å². The summed E-state index contributed by atoms with van der Waals surface area (Å²) in [5.41, 5.74) is 2.55. The van der Waals surface area contributed by atoms with Gasteiger partial charge in [0.05, 0.1) is 10.9 Å². The second-order valence-electron chi connectivity index (χ2n) is 7.91. The maximum absolute atomic E-state index is 12.8. The molecule has 0 fully saturated rings. The first-order valence-corrected chi connectivity index (χ1v) is 12.5. The van der Waals surface area contributed by atoms with Gasteiger partial charge in [0, 0.05) is 29.2 Å². The molecule has 3 aromatic carbocycles. The number of carbonyl (C=O) groups excluding carboxylic acids is 1. The fourth-order valence-electron chi connectivity index (χ4n) is 3.40. The van der Waals surface area contributed by atoms with Crippen molar-refractivity contribution in [2.45, 2.75) is 24.5 Å². The van der Waals surface area contributed by atoms with E-state index in [0.29, 0.717) is 17.9 Å². The molecule has 4 aromatic rings. The van der Waals surface area contributed by atoms with Gasteiger partial charge in [0.15, 0.2) is 0 Å². The van der Waals surface area contributed by atoms with E-state index in [1.165, 1.54) is 18.2 Å². The maximum atomic E-state index is 12.8. The van der Waals surface area contributed by atoms with Crippen LogP contribution in [0.2, 0.25) is 0 Å². The zero-order valence-corrected chi connectivity index (χ0v) is 19.9. The highest BCUT2D eigenvalue weighted by molar-refractivity contribution is 7.92. The first-order chi connectivity index (χ1) is 16.9. The Morgan fingerprint density at radius 1 is 0.943 bits per heavy atom. The molecule has 35 heavy (non-hydrogen) atoms. The predicted molar refractivity (Wildman–Crippen MR) is 135 cm³/mol. The van der Waals surface area contributed by atoms with Gasteiger partial charge in [-0.15, -0.1) is 0 Å². The van der Waals surface area contributed by atoms with Gasteiger partial charge in [-0.25, -0.2) is 8.42 Å². The molecule has 0 saturated carbocycles. The lowest BCUT2D eigenvalue weighted by Gasteiger charge is -2.16. The van der Waals surface area contributed by atoms with Gasteiger partial charge in [-0.1, -0.05) is 42.5 Å². The molecule has 1 heterocycles. The Hall–Kier alpha value is -4.17. The molecule has 1 atom stereocenters. The van der Waals surface area contributed by atoms with Gasteiger partial charge in [0.25, 0.3) is 15.9 Å². The van der Waals surface area contributed by atoms with E-state index in [4.69, 9.17) is 4.74 Å². The number of carbonyl (C=O) groups is 1. The molecule has 2 N–H and O–H groups in total. The maximum Gasteiger partial charge on any atom is 0.261 e. The number of rotatable bonds is 9. The minimum absolute atomic E-state index is 0.149. The van der Waals surface area contributed by atoms with Crippen molar-refractivity contribution in [2.75, 3.05) is 4.72 Å². The summed E-state index contributed by atoms with van der Waals surface area (Å²) in [5, 5.41) is 2.95. The lowest BCUT2D eigenvalue weighted by atomic mass is 10.1. The summed E-state index contributed by atoms with van der Waals surface area (Å²) >= 11 is 0. The fraction of sp³-hybridized carbons (Fsp3) is 0.111. The lowest BCUT2D eigenvalue weighted by molar-refractivity contribution is 0.0940. The lowest BCUT2D eigenvalue weighted by Crippen LogP contribution is -2.26. The number of sulfonamides is 1. The Labute approximate surface area is 204 Å². The molecule has 0 spiro atoms. The number of hydrogen-bond donors (Lipinski definition) is 2. The number of nitrogens with one attached hydrogen (secondary N) is 2. The Morgan fingerprint density at radius 2 is 1.71 bits per heavy atom. The van der Waals surface area contributed by atoms with Gasteiger partial charge in [-0.05, 0) is 61.0 Å². The molecule has 0 radical (unpaired) electrons. The molecule has 0 aliphatic carbocycles. The van der Waals surface area contributed by atoms with Crippen LogP contribution in [0.15, 0.2) is 108 Å². The van der Waals surface area contributed by atoms with Crippen molar-refractivity contribution in [2.24, 2.45) is 0 Å². The summed E-state index contributed by atoms with van der Waals surface area (Å²) < 4.78 is 33.4. The standard InChI is InChI=1S/C27H25N3O4S/c1-20(22-12-14-25(15-13-22)34-19-21-7-6-16-28-18-21)29-27(31)23-8-5-9-24(17-23)30-35(32,33)26-10-3-2-4-11-26/h2-18,20,30H,19H2,1H3,(H,29,31). The van der Waals surface area contributed by atoms with E-state index in [9.17, 15) is 13.2 Å². The molecule has 0 aliphatic rings. The smallest absolute Gasteiger partial charge is 0.261 e. The van der Waals surface area contributed by atoms with Gasteiger partial charge in [0.2, 0.25) is 0 Å². The third-order valence-electron chi connectivity index (χ3n) is 5.29. The average molecular weight is 488 g/mol. The minimum Gasteiger partial charge on any atom is -0.489 e. The van der Waals surface area contributed by atoms with Crippen molar-refractivity contribution in [3.63, 3.8) is 0 Å². The molecule has 0 saturated heterocycles. The number of anilines is 1. The Kier molecular flexibility index (Phi) is 7.42. The Balaban J connectivity index is 1.37. The van der Waals surface area contributed by atoms with E-state index in [-0.39, 0.29) is 16.8 Å². The summed E-state index contributed by atoms with van der Waals surface area (Å²) in [6, 6.07) is 25.5. The number of aromatic nitrogens is 1. The first kappa shape index (κ1) is 24.0. The minimum atomic E-state index is -3.75. The molecule has 1 amide bonds. The van der Waals surface area contributed by atoms with E-state index in [1.807, 2.05) is 43.3 Å². The van der Waals surface area contributed by atoms with Crippen LogP contribution in [0, 0.1) is 0 Å². The molecule has 0 bridgehead atoms. The third-order valence-corrected chi connectivity index (χ3v) is 6.68. The van der Waals surface area contributed by atoms with Crippen molar-refractivity contribution in [1.29, 1.82) is 0 Å². The zero-order chi connectivity index (χ0) is 24.7. The van der Waals surface area contributed by atoms with E-state index in [2.05, 4.69) is 15.0 Å². The van der Waals surface area contributed by atoms with Gasteiger partial charge >= 0.3 is 0 Å². The Morgan fingerprint density at radius 3 is 2.43 bits per heavy atom.